The third kappa shape index (κ3) is 10.4. The molecule has 0 unspecified atom stereocenters. The molecule has 0 saturated heterocycles. The van der Waals surface area contributed by atoms with E-state index < -0.39 is 8.07 Å². The van der Waals surface area contributed by atoms with Gasteiger partial charge in [-0.25, -0.2) is 4.85 Å². The first-order valence-electron chi connectivity index (χ1n) is 18.8. The largest absolute Gasteiger partial charge is 0.512 e. The monoisotopic (exact) mass is 880 g/mol. The van der Waals surface area contributed by atoms with Crippen LogP contribution >= 0.6 is 0 Å². The van der Waals surface area contributed by atoms with E-state index in [1.165, 1.54) is 40.3 Å². The Bertz CT molecular complexity index is 1780. The molecular weight excluding hydrogens is 821 g/mol. The van der Waals surface area contributed by atoms with Gasteiger partial charge in [0.05, 0.1) is 20.4 Å². The van der Waals surface area contributed by atoms with Crippen molar-refractivity contribution in [3.8, 4) is 22.4 Å². The number of benzene rings is 3. The van der Waals surface area contributed by atoms with Crippen molar-refractivity contribution in [1.29, 1.82) is 0 Å². The van der Waals surface area contributed by atoms with Gasteiger partial charge in [-0.1, -0.05) is 140 Å². The number of carbonyl (C=O) groups is 1. The number of rotatable bonds is 13. The summed E-state index contributed by atoms with van der Waals surface area (Å²) in [5.41, 5.74) is 5.40. The maximum Gasteiger partial charge on any atom is 0.188 e. The van der Waals surface area contributed by atoms with Crippen LogP contribution in [0.15, 0.2) is 78.7 Å². The van der Waals surface area contributed by atoms with Gasteiger partial charge in [-0.2, -0.15) is 0 Å². The average Bonchev–Trinajstić information content (AvgIpc) is 3.13. The van der Waals surface area contributed by atoms with Crippen molar-refractivity contribution >= 4 is 35.5 Å². The first kappa shape index (κ1) is 43.8. The molecule has 1 aromatic heterocycles. The van der Waals surface area contributed by atoms with E-state index in [0.29, 0.717) is 11.4 Å². The van der Waals surface area contributed by atoms with Crippen LogP contribution in [0.25, 0.3) is 38.0 Å². The van der Waals surface area contributed by atoms with Crippen molar-refractivity contribution in [1.82, 2.24) is 4.98 Å². The normalized spacial score (nSPS) is 11.9. The fourth-order valence-corrected chi connectivity index (χ4v) is 10.7. The Balaban J connectivity index is 0.000000479. The van der Waals surface area contributed by atoms with Crippen LogP contribution < -0.4 is 5.19 Å². The van der Waals surface area contributed by atoms with Crippen molar-refractivity contribution < 1.29 is 30.0 Å². The number of aliphatic hydroxyl groups excluding tert-OH is 1. The van der Waals surface area contributed by atoms with Crippen molar-refractivity contribution in [2.24, 2.45) is 11.8 Å². The second-order valence-electron chi connectivity index (χ2n) is 14.5. The van der Waals surface area contributed by atoms with E-state index in [9.17, 15) is 9.90 Å². The Morgan fingerprint density at radius 2 is 1.45 bits per heavy atom. The van der Waals surface area contributed by atoms with E-state index in [4.69, 9.17) is 11.6 Å². The maximum atomic E-state index is 11.7. The molecule has 0 bridgehead atoms. The van der Waals surface area contributed by atoms with Crippen LogP contribution in [0.1, 0.15) is 100 Å². The molecule has 1 radical (unpaired) electrons. The summed E-state index contributed by atoms with van der Waals surface area (Å²) in [4.78, 5) is 20.4. The van der Waals surface area contributed by atoms with E-state index in [0.717, 1.165) is 47.8 Å². The zero-order chi connectivity index (χ0) is 37.1. The first-order chi connectivity index (χ1) is 23.9. The molecule has 4 rings (SSSR count). The van der Waals surface area contributed by atoms with Gasteiger partial charge in [0.25, 0.3) is 0 Å². The van der Waals surface area contributed by atoms with Crippen LogP contribution in [0.3, 0.4) is 0 Å². The summed E-state index contributed by atoms with van der Waals surface area (Å²) in [6.45, 7) is 29.8. The van der Waals surface area contributed by atoms with Crippen molar-refractivity contribution in [2.75, 3.05) is 0 Å². The molecule has 4 aromatic rings. The van der Waals surface area contributed by atoms with Gasteiger partial charge < -0.3 is 10.1 Å². The minimum Gasteiger partial charge on any atom is -0.512 e. The number of hydrogen-bond donors (Lipinski definition) is 1. The SMILES string of the molecule is CCC(CC)C(=O)/C=C(\O)C(CC)CC.[C-]#[N+]c1c(-c2ccc([Si](CC)(CC)CC)cc2)ccnc1-c1[c-]c2ccccc2c(C(C)(C)C)c1.[Ir]. The quantitative estimate of drug-likeness (QED) is 0.0630. The first-order valence-corrected chi connectivity index (χ1v) is 21.4. The number of fused-ring (bicyclic) bond motifs is 1. The molecule has 0 saturated carbocycles. The number of aromatic nitrogens is 1. The smallest absolute Gasteiger partial charge is 0.188 e. The van der Waals surface area contributed by atoms with Gasteiger partial charge in [0.15, 0.2) is 11.5 Å². The molecule has 0 aliphatic heterocycles. The van der Waals surface area contributed by atoms with Crippen molar-refractivity contribution in [3.63, 3.8) is 0 Å². The second-order valence-corrected chi connectivity index (χ2v) is 19.7. The summed E-state index contributed by atoms with van der Waals surface area (Å²) < 4.78 is 0. The zero-order valence-electron chi connectivity index (χ0n) is 32.6. The standard InChI is InChI=1S/C32H35N2Si.C13H24O2.Ir/c1-8-35(9-2,10-3)26-17-15-23(16-18-26)28-19-20-34-30(31(28)33-7)25-21-24-13-11-12-14-27(24)29(22-25)32(4,5)6;1-5-10(6-2)12(14)9-13(15)11(7-3)8-4;/h11-20,22H,8-10H2,1-6H3;9-11,14H,5-8H2,1-4H3;/q-1;;/b;12-9-;. The fourth-order valence-electron chi connectivity index (χ4n) is 7.12. The average molecular weight is 880 g/mol. The summed E-state index contributed by atoms with van der Waals surface area (Å²) in [6.07, 6.45) is 6.74. The summed E-state index contributed by atoms with van der Waals surface area (Å²) in [7, 11) is -1.43. The molecule has 275 valence electrons. The zero-order valence-corrected chi connectivity index (χ0v) is 36.0. The molecule has 6 heteroatoms. The molecule has 4 nitrogen and oxygen atoms in total. The Labute approximate surface area is 323 Å². The van der Waals surface area contributed by atoms with Crippen LogP contribution in [0, 0.1) is 24.5 Å². The molecular formula is C45H59IrN2O2Si-. The van der Waals surface area contributed by atoms with E-state index in [1.807, 2.05) is 46.0 Å². The van der Waals surface area contributed by atoms with E-state index in [1.54, 1.807) is 0 Å². The van der Waals surface area contributed by atoms with Gasteiger partial charge in [0.2, 0.25) is 0 Å². The third-order valence-electron chi connectivity index (χ3n) is 10.8. The Morgan fingerprint density at radius 3 is 1.96 bits per heavy atom. The molecule has 0 amide bonds. The molecule has 1 heterocycles. The van der Waals surface area contributed by atoms with Gasteiger partial charge in [-0.15, -0.1) is 34.7 Å². The number of nitrogens with zero attached hydrogens (tertiary/aromatic N) is 2. The van der Waals surface area contributed by atoms with Crippen LogP contribution in [-0.4, -0.2) is 23.9 Å². The molecule has 3 aromatic carbocycles. The topological polar surface area (TPSA) is 54.5 Å². The van der Waals surface area contributed by atoms with E-state index in [-0.39, 0.29) is 48.9 Å². The number of hydrogen-bond acceptors (Lipinski definition) is 3. The third-order valence-corrected chi connectivity index (χ3v) is 16.4. The molecule has 0 spiro atoms. The Hall–Kier alpha value is -3.36. The molecule has 0 aliphatic carbocycles. The number of carbonyl (C=O) groups excluding carboxylic acids is 1. The summed E-state index contributed by atoms with van der Waals surface area (Å²) in [5.74, 6) is 0.547. The number of allylic oxidation sites excluding steroid dienone is 2. The van der Waals surface area contributed by atoms with Crippen molar-refractivity contribution in [3.05, 3.63) is 102 Å². The van der Waals surface area contributed by atoms with Gasteiger partial charge in [0, 0.05) is 49.9 Å². The predicted octanol–water partition coefficient (Wildman–Crippen LogP) is 12.8. The van der Waals surface area contributed by atoms with E-state index in [2.05, 4.69) is 101 Å². The maximum absolute atomic E-state index is 11.7. The minimum absolute atomic E-state index is 0. The molecule has 0 aliphatic rings. The molecule has 0 fully saturated rings. The predicted molar refractivity (Wildman–Crippen MR) is 217 cm³/mol. The number of pyridine rings is 1. The number of ketones is 1. The van der Waals surface area contributed by atoms with Crippen LogP contribution in [0.5, 0.6) is 0 Å². The van der Waals surface area contributed by atoms with Crippen LogP contribution in [-0.2, 0) is 30.3 Å². The van der Waals surface area contributed by atoms with Gasteiger partial charge in [0.1, 0.15) is 0 Å². The van der Waals surface area contributed by atoms with E-state index >= 15 is 0 Å². The van der Waals surface area contributed by atoms with Crippen LogP contribution in [0.2, 0.25) is 18.1 Å². The van der Waals surface area contributed by atoms with Gasteiger partial charge >= 0.3 is 0 Å². The minimum atomic E-state index is -1.43. The van der Waals surface area contributed by atoms with Gasteiger partial charge in [-0.3, -0.25) is 4.79 Å². The summed E-state index contributed by atoms with van der Waals surface area (Å²) in [6, 6.07) is 28.9. The fraction of sp³-hybridized carbons (Fsp3) is 0.444. The molecule has 51 heavy (non-hydrogen) atoms. The van der Waals surface area contributed by atoms with Gasteiger partial charge in [-0.05, 0) is 48.3 Å². The summed E-state index contributed by atoms with van der Waals surface area (Å²) in [5, 5.41) is 13.5. The molecule has 0 atom stereocenters. The van der Waals surface area contributed by atoms with Crippen molar-refractivity contribution in [2.45, 2.75) is 118 Å². The second kappa shape index (κ2) is 20.0. The summed E-state index contributed by atoms with van der Waals surface area (Å²) >= 11 is 0. The van der Waals surface area contributed by atoms with Crippen LogP contribution in [0.4, 0.5) is 5.69 Å². The Morgan fingerprint density at radius 1 is 0.882 bits per heavy atom. The Kier molecular flexibility index (Phi) is 17.2. The number of aliphatic hydroxyl groups is 1. The molecule has 1 N–H and O–H groups in total.